The number of carbonyl (C=O) groups is 2. The third-order valence-electron chi connectivity index (χ3n) is 4.60. The van der Waals surface area contributed by atoms with Gasteiger partial charge in [0.1, 0.15) is 0 Å². The van der Waals surface area contributed by atoms with Gasteiger partial charge in [0, 0.05) is 29.9 Å². The van der Waals surface area contributed by atoms with Crippen molar-refractivity contribution in [1.82, 2.24) is 0 Å². The lowest BCUT2D eigenvalue weighted by molar-refractivity contribution is 0.0838. The van der Waals surface area contributed by atoms with Gasteiger partial charge in [-0.1, -0.05) is 36.4 Å². The van der Waals surface area contributed by atoms with Crippen molar-refractivity contribution in [1.29, 1.82) is 0 Å². The lowest BCUT2D eigenvalue weighted by Gasteiger charge is -2.21. The molecule has 2 aromatic carbocycles. The standard InChI is InChI=1S/C20H21NO2/c1-3-21(4-2)15-11-9-14(10-12-15)13-18-19(22)16-7-5-6-8-17(16)20(18)23/h5-12,18H,3-4,13H2,1-2H3. The molecule has 0 spiro atoms. The van der Waals surface area contributed by atoms with Crippen LogP contribution >= 0.6 is 0 Å². The number of benzene rings is 2. The van der Waals surface area contributed by atoms with E-state index in [0.717, 1.165) is 18.7 Å². The average Bonchev–Trinajstić information content (AvgIpc) is 2.83. The number of hydrogen-bond acceptors (Lipinski definition) is 3. The second-order valence-electron chi connectivity index (χ2n) is 5.87. The van der Waals surface area contributed by atoms with E-state index >= 15 is 0 Å². The van der Waals surface area contributed by atoms with E-state index in [4.69, 9.17) is 0 Å². The second-order valence-corrected chi connectivity index (χ2v) is 5.87. The van der Waals surface area contributed by atoms with Crippen molar-refractivity contribution in [2.75, 3.05) is 18.0 Å². The number of Topliss-reactive ketones (excluding diaryl/α,β-unsaturated/α-hetero) is 2. The molecule has 1 aliphatic rings. The molecule has 0 bridgehead atoms. The van der Waals surface area contributed by atoms with Crippen LogP contribution in [-0.4, -0.2) is 24.7 Å². The van der Waals surface area contributed by atoms with Gasteiger partial charge in [0.15, 0.2) is 11.6 Å². The van der Waals surface area contributed by atoms with E-state index in [1.807, 2.05) is 24.3 Å². The molecule has 1 aliphatic carbocycles. The maximum atomic E-state index is 12.5. The number of ketones is 2. The second kappa shape index (κ2) is 6.37. The van der Waals surface area contributed by atoms with Gasteiger partial charge in [-0.25, -0.2) is 0 Å². The first-order chi connectivity index (χ1) is 11.2. The Morgan fingerprint density at radius 1 is 0.826 bits per heavy atom. The minimum absolute atomic E-state index is 0.0431. The summed E-state index contributed by atoms with van der Waals surface area (Å²) in [5.74, 6) is -0.649. The minimum Gasteiger partial charge on any atom is -0.372 e. The Morgan fingerprint density at radius 2 is 1.35 bits per heavy atom. The van der Waals surface area contributed by atoms with Crippen molar-refractivity contribution in [3.8, 4) is 0 Å². The summed E-state index contributed by atoms with van der Waals surface area (Å²) in [6.07, 6.45) is 0.477. The Hall–Kier alpha value is -2.42. The van der Waals surface area contributed by atoms with Crippen LogP contribution in [0.5, 0.6) is 0 Å². The lowest BCUT2D eigenvalue weighted by Crippen LogP contribution is -2.22. The molecule has 0 aliphatic heterocycles. The Balaban J connectivity index is 1.78. The van der Waals surface area contributed by atoms with E-state index in [2.05, 4.69) is 30.9 Å². The molecule has 118 valence electrons. The van der Waals surface area contributed by atoms with Gasteiger partial charge in [0.05, 0.1) is 5.92 Å². The monoisotopic (exact) mass is 307 g/mol. The van der Waals surface area contributed by atoms with Gasteiger partial charge in [0.2, 0.25) is 0 Å². The van der Waals surface area contributed by atoms with Crippen LogP contribution in [0, 0.1) is 5.92 Å². The highest BCUT2D eigenvalue weighted by Gasteiger charge is 2.37. The quantitative estimate of drug-likeness (QED) is 0.789. The molecular formula is C20H21NO2. The number of carbonyl (C=O) groups excluding carboxylic acids is 2. The summed E-state index contributed by atoms with van der Waals surface area (Å²) >= 11 is 0. The molecule has 3 heteroatoms. The fraction of sp³-hybridized carbons (Fsp3) is 0.300. The number of nitrogens with zero attached hydrogens (tertiary/aromatic N) is 1. The molecular weight excluding hydrogens is 286 g/mol. The normalized spacial score (nSPS) is 14.2. The van der Waals surface area contributed by atoms with Gasteiger partial charge < -0.3 is 4.90 Å². The lowest BCUT2D eigenvalue weighted by atomic mass is 9.95. The number of anilines is 1. The summed E-state index contributed by atoms with van der Waals surface area (Å²) in [7, 11) is 0. The molecule has 3 rings (SSSR count). The zero-order valence-corrected chi connectivity index (χ0v) is 13.6. The molecule has 3 nitrogen and oxygen atoms in total. The fourth-order valence-corrected chi connectivity index (χ4v) is 3.26. The van der Waals surface area contributed by atoms with E-state index in [1.165, 1.54) is 5.69 Å². The third-order valence-corrected chi connectivity index (χ3v) is 4.60. The zero-order valence-electron chi connectivity index (χ0n) is 13.6. The highest BCUT2D eigenvalue weighted by molar-refractivity contribution is 6.26. The van der Waals surface area contributed by atoms with E-state index in [-0.39, 0.29) is 11.6 Å². The van der Waals surface area contributed by atoms with Gasteiger partial charge in [-0.2, -0.15) is 0 Å². The summed E-state index contributed by atoms with van der Waals surface area (Å²) < 4.78 is 0. The van der Waals surface area contributed by atoms with Crippen LogP contribution in [0.15, 0.2) is 48.5 Å². The molecule has 0 saturated heterocycles. The third kappa shape index (κ3) is 2.79. The molecule has 0 aromatic heterocycles. The predicted molar refractivity (Wildman–Crippen MR) is 92.3 cm³/mol. The molecule has 0 amide bonds. The van der Waals surface area contributed by atoms with Gasteiger partial charge in [-0.05, 0) is 38.0 Å². The first-order valence-electron chi connectivity index (χ1n) is 8.17. The van der Waals surface area contributed by atoms with E-state index in [9.17, 15) is 9.59 Å². The van der Waals surface area contributed by atoms with Crippen LogP contribution in [0.1, 0.15) is 40.1 Å². The first-order valence-corrected chi connectivity index (χ1v) is 8.17. The summed E-state index contributed by atoms with van der Waals surface area (Å²) in [4.78, 5) is 27.2. The van der Waals surface area contributed by atoms with Gasteiger partial charge in [-0.3, -0.25) is 9.59 Å². The molecule has 0 fully saturated rings. The summed E-state index contributed by atoms with van der Waals surface area (Å²) in [5.41, 5.74) is 3.34. The highest BCUT2D eigenvalue weighted by Crippen LogP contribution is 2.29. The van der Waals surface area contributed by atoms with Gasteiger partial charge >= 0.3 is 0 Å². The number of fused-ring (bicyclic) bond motifs is 1. The summed E-state index contributed by atoms with van der Waals surface area (Å²) in [6, 6.07) is 15.3. The molecule has 0 N–H and O–H groups in total. The number of rotatable bonds is 5. The topological polar surface area (TPSA) is 37.4 Å². The van der Waals surface area contributed by atoms with Crippen LogP contribution in [0.2, 0.25) is 0 Å². The van der Waals surface area contributed by atoms with E-state index in [1.54, 1.807) is 12.1 Å². The van der Waals surface area contributed by atoms with Crippen LogP contribution in [-0.2, 0) is 6.42 Å². The molecule has 2 aromatic rings. The summed E-state index contributed by atoms with van der Waals surface area (Å²) in [5, 5.41) is 0. The van der Waals surface area contributed by atoms with Crippen molar-refractivity contribution in [2.24, 2.45) is 5.92 Å². The average molecular weight is 307 g/mol. The van der Waals surface area contributed by atoms with Crippen molar-refractivity contribution in [3.05, 3.63) is 65.2 Å². The Morgan fingerprint density at radius 3 is 1.83 bits per heavy atom. The minimum atomic E-state index is -0.563. The van der Waals surface area contributed by atoms with Gasteiger partial charge in [0.25, 0.3) is 0 Å². The first kappa shape index (κ1) is 15.5. The van der Waals surface area contributed by atoms with Crippen LogP contribution < -0.4 is 4.90 Å². The van der Waals surface area contributed by atoms with E-state index < -0.39 is 5.92 Å². The van der Waals surface area contributed by atoms with Crippen molar-refractivity contribution < 1.29 is 9.59 Å². The molecule has 0 radical (unpaired) electrons. The predicted octanol–water partition coefficient (Wildman–Crippen LogP) is 3.77. The number of hydrogen-bond donors (Lipinski definition) is 0. The molecule has 0 atom stereocenters. The van der Waals surface area contributed by atoms with Crippen molar-refractivity contribution in [3.63, 3.8) is 0 Å². The smallest absolute Gasteiger partial charge is 0.174 e. The van der Waals surface area contributed by atoms with Crippen LogP contribution in [0.25, 0.3) is 0 Å². The van der Waals surface area contributed by atoms with Crippen molar-refractivity contribution >= 4 is 17.3 Å². The molecule has 0 saturated carbocycles. The Bertz CT molecular complexity index is 695. The molecule has 23 heavy (non-hydrogen) atoms. The maximum absolute atomic E-state index is 12.5. The highest BCUT2D eigenvalue weighted by atomic mass is 16.2. The molecule has 0 heterocycles. The zero-order chi connectivity index (χ0) is 16.4. The van der Waals surface area contributed by atoms with Crippen LogP contribution in [0.4, 0.5) is 5.69 Å². The summed E-state index contributed by atoms with van der Waals surface area (Å²) in [6.45, 7) is 6.19. The largest absolute Gasteiger partial charge is 0.372 e. The van der Waals surface area contributed by atoms with Crippen LogP contribution in [0.3, 0.4) is 0 Å². The Labute approximate surface area is 136 Å². The van der Waals surface area contributed by atoms with Gasteiger partial charge in [-0.15, -0.1) is 0 Å². The molecule has 0 unspecified atom stereocenters. The SMILES string of the molecule is CCN(CC)c1ccc(CC2C(=O)c3ccccc3C2=O)cc1. The Kier molecular flexibility index (Phi) is 4.28. The fourth-order valence-electron chi connectivity index (χ4n) is 3.26. The van der Waals surface area contributed by atoms with Crippen molar-refractivity contribution in [2.45, 2.75) is 20.3 Å². The maximum Gasteiger partial charge on any atom is 0.174 e. The van der Waals surface area contributed by atoms with E-state index in [0.29, 0.717) is 17.5 Å².